The lowest BCUT2D eigenvalue weighted by Gasteiger charge is -2.39. The molecule has 0 bridgehead atoms. The van der Waals surface area contributed by atoms with E-state index < -0.39 is 0 Å². The highest BCUT2D eigenvalue weighted by Gasteiger charge is 2.42. The Labute approximate surface area is 179 Å². The summed E-state index contributed by atoms with van der Waals surface area (Å²) in [6, 6.07) is 11.8. The molecule has 0 aliphatic carbocycles. The fourth-order valence-electron chi connectivity index (χ4n) is 5.12. The van der Waals surface area contributed by atoms with E-state index in [1.807, 2.05) is 6.07 Å². The third-order valence-electron chi connectivity index (χ3n) is 6.59. The Balaban J connectivity index is 1.29. The van der Waals surface area contributed by atoms with E-state index >= 15 is 0 Å². The smallest absolute Gasteiger partial charge is 0.325 e. The first-order valence-corrected chi connectivity index (χ1v) is 10.9. The number of rotatable bonds is 6. The predicted molar refractivity (Wildman–Crippen MR) is 117 cm³/mol. The summed E-state index contributed by atoms with van der Waals surface area (Å²) in [5.74, 6) is -0.250. The lowest BCUT2D eigenvalue weighted by Crippen LogP contribution is -2.45. The molecule has 1 aromatic heterocycles. The van der Waals surface area contributed by atoms with Crippen molar-refractivity contribution < 1.29 is 8.78 Å². The zero-order valence-corrected chi connectivity index (χ0v) is 17.3. The zero-order valence-electron chi connectivity index (χ0n) is 17.3. The van der Waals surface area contributed by atoms with Crippen LogP contribution in [0.1, 0.15) is 30.7 Å². The van der Waals surface area contributed by atoms with E-state index in [0.29, 0.717) is 6.54 Å². The van der Waals surface area contributed by atoms with Crippen LogP contribution in [0.4, 0.5) is 20.2 Å². The highest BCUT2D eigenvalue weighted by Crippen LogP contribution is 2.48. The molecule has 3 heterocycles. The Morgan fingerprint density at radius 3 is 2.55 bits per heavy atom. The first-order chi connectivity index (χ1) is 15.1. The molecule has 7 heteroatoms. The average Bonchev–Trinajstić information content (AvgIpc) is 3.32. The van der Waals surface area contributed by atoms with Gasteiger partial charge in [0.15, 0.2) is 0 Å². The van der Waals surface area contributed by atoms with Crippen LogP contribution < -0.4 is 10.6 Å². The zero-order chi connectivity index (χ0) is 21.4. The lowest BCUT2D eigenvalue weighted by atomic mass is 9.89. The third-order valence-corrected chi connectivity index (χ3v) is 6.59. The van der Waals surface area contributed by atoms with Crippen LogP contribution >= 0.6 is 0 Å². The number of likely N-dealkylation sites (tertiary alicyclic amines) is 1. The van der Waals surface area contributed by atoms with Crippen molar-refractivity contribution in [2.45, 2.75) is 37.8 Å². The molecule has 5 rings (SSSR count). The molecule has 31 heavy (non-hydrogen) atoms. The number of fused-ring (bicyclic) bond motifs is 3. The van der Waals surface area contributed by atoms with Crippen LogP contribution in [0.15, 0.2) is 59.7 Å². The minimum absolute atomic E-state index is 0.0636. The molecule has 0 spiro atoms. The molecule has 1 N–H and O–H groups in total. The molecule has 2 aromatic carbocycles. The van der Waals surface area contributed by atoms with E-state index in [2.05, 4.69) is 14.8 Å². The van der Waals surface area contributed by atoms with Gasteiger partial charge in [0.2, 0.25) is 0 Å². The van der Waals surface area contributed by atoms with Gasteiger partial charge in [0.05, 0.1) is 0 Å². The number of benzene rings is 2. The van der Waals surface area contributed by atoms with Gasteiger partial charge in [-0.3, -0.25) is 4.57 Å². The number of nitrogens with one attached hydrogen (secondary N) is 1. The number of anilines is 2. The maximum absolute atomic E-state index is 14.1. The summed E-state index contributed by atoms with van der Waals surface area (Å²) < 4.78 is 29.3. The maximum Gasteiger partial charge on any atom is 0.325 e. The second-order valence-corrected chi connectivity index (χ2v) is 8.48. The Morgan fingerprint density at radius 2 is 1.77 bits per heavy atom. The molecule has 1 saturated heterocycles. The van der Waals surface area contributed by atoms with E-state index in [1.54, 1.807) is 35.2 Å². The van der Waals surface area contributed by atoms with Crippen molar-refractivity contribution >= 4 is 11.4 Å². The summed E-state index contributed by atoms with van der Waals surface area (Å²) >= 11 is 0. The van der Waals surface area contributed by atoms with Gasteiger partial charge in [-0.25, -0.2) is 13.6 Å². The molecule has 0 saturated carbocycles. The number of piperidine rings is 1. The summed E-state index contributed by atoms with van der Waals surface area (Å²) in [7, 11) is 0. The number of halogens is 2. The fourth-order valence-corrected chi connectivity index (χ4v) is 5.12. The summed E-state index contributed by atoms with van der Waals surface area (Å²) in [5.41, 5.74) is 2.95. The normalized spacial score (nSPS) is 20.6. The summed E-state index contributed by atoms with van der Waals surface area (Å²) in [6.07, 6.45) is 6.36. The highest BCUT2D eigenvalue weighted by molar-refractivity contribution is 5.73. The second-order valence-electron chi connectivity index (χ2n) is 8.48. The maximum atomic E-state index is 14.1. The predicted octanol–water partition coefficient (Wildman–Crippen LogP) is 4.24. The summed E-state index contributed by atoms with van der Waals surface area (Å²) in [6.45, 7) is 3.53. The molecule has 2 aliphatic rings. The van der Waals surface area contributed by atoms with Crippen molar-refractivity contribution in [1.82, 2.24) is 14.5 Å². The number of unbranched alkanes of at least 4 members (excludes halogenated alkanes) is 1. The highest BCUT2D eigenvalue weighted by atomic mass is 19.1. The fraction of sp³-hybridized carbons (Fsp3) is 0.375. The Kier molecular flexibility index (Phi) is 5.36. The molecular weight excluding hydrogens is 398 g/mol. The molecule has 0 unspecified atom stereocenters. The third kappa shape index (κ3) is 3.90. The average molecular weight is 424 g/mol. The molecule has 2 atom stereocenters. The van der Waals surface area contributed by atoms with Gasteiger partial charge in [0.25, 0.3) is 0 Å². The topological polar surface area (TPSA) is 44.3 Å². The van der Waals surface area contributed by atoms with Gasteiger partial charge in [-0.2, -0.15) is 0 Å². The van der Waals surface area contributed by atoms with Gasteiger partial charge in [-0.1, -0.05) is 0 Å². The van der Waals surface area contributed by atoms with Gasteiger partial charge in [0, 0.05) is 55.4 Å². The number of aromatic nitrogens is 2. The number of aryl methyl sites for hydroxylation is 1. The molecule has 3 aromatic rings. The number of aromatic amines is 1. The standard InChI is InChI=1S/C24H26F2N4O/c25-17-3-6-19(7-4-17)30-22-8-5-18(26)15-20(22)21-16-28(13-9-23(21)30)11-1-2-12-29-14-10-27-24(29)31/h3-8,10,14-15,21,23H,1-2,9,11-13,16H2,(H,27,31)/t21-,23+/m0/s1. The van der Waals surface area contributed by atoms with Crippen molar-refractivity contribution in [3.8, 4) is 0 Å². The van der Waals surface area contributed by atoms with Gasteiger partial charge < -0.3 is 14.8 Å². The second kappa shape index (κ2) is 8.30. The van der Waals surface area contributed by atoms with E-state index in [9.17, 15) is 13.6 Å². The SMILES string of the molecule is O=c1[nH]ccn1CCCCN1CC[C@@H]2[C@@H](C1)c1cc(F)ccc1N2c1ccc(F)cc1. The Morgan fingerprint density at radius 1 is 1.00 bits per heavy atom. The van der Waals surface area contributed by atoms with Crippen molar-refractivity contribution in [2.75, 3.05) is 24.5 Å². The Bertz CT molecular complexity index is 1110. The van der Waals surface area contributed by atoms with Crippen LogP contribution in [0.2, 0.25) is 0 Å². The minimum atomic E-state index is -0.254. The van der Waals surface area contributed by atoms with E-state index in [4.69, 9.17) is 0 Å². The van der Waals surface area contributed by atoms with Crippen molar-refractivity contribution in [3.05, 3.63) is 82.5 Å². The van der Waals surface area contributed by atoms with Gasteiger partial charge >= 0.3 is 5.69 Å². The largest absolute Gasteiger partial charge is 0.337 e. The van der Waals surface area contributed by atoms with Crippen LogP contribution in [0.3, 0.4) is 0 Å². The van der Waals surface area contributed by atoms with Gasteiger partial charge in [0.1, 0.15) is 11.6 Å². The molecule has 162 valence electrons. The first kappa shape index (κ1) is 20.0. The van der Waals surface area contributed by atoms with Crippen LogP contribution in [-0.4, -0.2) is 40.1 Å². The van der Waals surface area contributed by atoms with Crippen LogP contribution in [-0.2, 0) is 6.54 Å². The quantitative estimate of drug-likeness (QED) is 0.602. The number of imidazole rings is 1. The van der Waals surface area contributed by atoms with E-state index in [1.165, 1.54) is 18.2 Å². The molecule has 1 fully saturated rings. The lowest BCUT2D eigenvalue weighted by molar-refractivity contribution is 0.192. The number of hydrogen-bond donors (Lipinski definition) is 1. The molecule has 2 aliphatic heterocycles. The Hall–Kier alpha value is -2.93. The first-order valence-electron chi connectivity index (χ1n) is 10.9. The molecule has 0 radical (unpaired) electrons. The van der Waals surface area contributed by atoms with Crippen molar-refractivity contribution in [3.63, 3.8) is 0 Å². The van der Waals surface area contributed by atoms with Gasteiger partial charge in [-0.05, 0) is 73.8 Å². The van der Waals surface area contributed by atoms with E-state index in [-0.39, 0.29) is 29.3 Å². The molecule has 0 amide bonds. The van der Waals surface area contributed by atoms with E-state index in [0.717, 1.165) is 55.8 Å². The number of H-pyrrole nitrogens is 1. The minimum Gasteiger partial charge on any atom is -0.337 e. The monoisotopic (exact) mass is 424 g/mol. The van der Waals surface area contributed by atoms with Crippen LogP contribution in [0.25, 0.3) is 0 Å². The summed E-state index contributed by atoms with van der Waals surface area (Å²) in [4.78, 5) is 19.0. The van der Waals surface area contributed by atoms with Crippen molar-refractivity contribution in [2.24, 2.45) is 0 Å². The number of nitrogens with zero attached hydrogens (tertiary/aromatic N) is 3. The molecule has 5 nitrogen and oxygen atoms in total. The van der Waals surface area contributed by atoms with Crippen LogP contribution in [0.5, 0.6) is 0 Å². The molecular formula is C24H26F2N4O. The van der Waals surface area contributed by atoms with Crippen molar-refractivity contribution in [1.29, 1.82) is 0 Å². The van der Waals surface area contributed by atoms with Crippen LogP contribution in [0, 0.1) is 11.6 Å². The number of hydrogen-bond acceptors (Lipinski definition) is 3. The van der Waals surface area contributed by atoms with Gasteiger partial charge in [-0.15, -0.1) is 0 Å². The summed E-state index contributed by atoms with van der Waals surface area (Å²) in [5, 5.41) is 0.